The lowest BCUT2D eigenvalue weighted by Crippen LogP contribution is -2.27. The lowest BCUT2D eigenvalue weighted by Gasteiger charge is -2.20. The maximum Gasteiger partial charge on any atom is 0.412 e. The van der Waals surface area contributed by atoms with Crippen LogP contribution in [0.5, 0.6) is 0 Å². The Morgan fingerprint density at radius 2 is 2.09 bits per heavy atom. The van der Waals surface area contributed by atoms with E-state index < -0.39 is 16.6 Å². The number of carbonyl (C=O) groups excluding carboxylic acids is 1. The van der Waals surface area contributed by atoms with E-state index in [2.05, 4.69) is 10.4 Å². The molecular weight excluding hydrogens is 300 g/mol. The third kappa shape index (κ3) is 4.80. The van der Waals surface area contributed by atoms with Crippen LogP contribution < -0.4 is 5.32 Å². The van der Waals surface area contributed by atoms with E-state index in [-0.39, 0.29) is 5.69 Å². The zero-order valence-corrected chi connectivity index (χ0v) is 13.1. The van der Waals surface area contributed by atoms with Gasteiger partial charge in [-0.15, -0.1) is 0 Å². The number of anilines is 1. The number of amides is 1. The summed E-state index contributed by atoms with van der Waals surface area (Å²) in [6.07, 6.45) is 1.96. The zero-order valence-electron chi connectivity index (χ0n) is 13.1. The molecule has 122 valence electrons. The number of ether oxygens (including phenoxy) is 1. The van der Waals surface area contributed by atoms with Gasteiger partial charge >= 0.3 is 11.8 Å². The molecule has 0 spiro atoms. The number of para-hydroxylation sites is 1. The van der Waals surface area contributed by atoms with Gasteiger partial charge in [-0.2, -0.15) is 5.10 Å². The Hall–Kier alpha value is -2.90. The molecule has 1 aromatic carbocycles. The quantitative estimate of drug-likeness (QED) is 0.689. The summed E-state index contributed by atoms with van der Waals surface area (Å²) < 4.78 is 6.66. The van der Waals surface area contributed by atoms with Gasteiger partial charge in [0.1, 0.15) is 18.0 Å². The third-order valence-electron chi connectivity index (χ3n) is 2.82. The van der Waals surface area contributed by atoms with E-state index in [9.17, 15) is 14.9 Å². The molecular formula is C15H18N4O4. The first-order valence-electron chi connectivity index (χ1n) is 6.99. The van der Waals surface area contributed by atoms with Crippen molar-refractivity contribution < 1.29 is 14.5 Å². The van der Waals surface area contributed by atoms with Crippen molar-refractivity contribution >= 4 is 17.5 Å². The van der Waals surface area contributed by atoms with Gasteiger partial charge in [-0.05, 0) is 32.4 Å². The fourth-order valence-electron chi connectivity index (χ4n) is 1.90. The van der Waals surface area contributed by atoms with Crippen LogP contribution in [0.4, 0.5) is 16.2 Å². The van der Waals surface area contributed by atoms with Gasteiger partial charge in [-0.25, -0.2) is 4.79 Å². The van der Waals surface area contributed by atoms with Crippen LogP contribution in [0.15, 0.2) is 36.7 Å². The van der Waals surface area contributed by atoms with Crippen molar-refractivity contribution in [2.45, 2.75) is 32.9 Å². The van der Waals surface area contributed by atoms with Gasteiger partial charge in [0, 0.05) is 5.69 Å². The Labute approximate surface area is 133 Å². The molecule has 0 saturated heterocycles. The summed E-state index contributed by atoms with van der Waals surface area (Å²) in [5, 5.41) is 17.3. The first kappa shape index (κ1) is 16.5. The van der Waals surface area contributed by atoms with Crippen LogP contribution in [0.1, 0.15) is 26.3 Å². The molecule has 1 N–H and O–H groups in total. The van der Waals surface area contributed by atoms with Crippen LogP contribution in [0.2, 0.25) is 0 Å². The first-order chi connectivity index (χ1) is 10.7. The van der Waals surface area contributed by atoms with Gasteiger partial charge in [0.2, 0.25) is 0 Å². The van der Waals surface area contributed by atoms with E-state index in [1.165, 1.54) is 17.1 Å². The number of nitro groups is 1. The van der Waals surface area contributed by atoms with Crippen molar-refractivity contribution in [1.29, 1.82) is 0 Å². The number of hydrogen-bond donors (Lipinski definition) is 1. The number of nitrogens with zero attached hydrogens (tertiary/aromatic N) is 3. The van der Waals surface area contributed by atoms with Crippen molar-refractivity contribution in [3.63, 3.8) is 0 Å². The molecule has 2 rings (SSSR count). The zero-order chi connectivity index (χ0) is 17.0. The second-order valence-electron chi connectivity index (χ2n) is 5.94. The van der Waals surface area contributed by atoms with Crippen molar-refractivity contribution in [1.82, 2.24) is 9.78 Å². The normalized spacial score (nSPS) is 11.1. The van der Waals surface area contributed by atoms with Crippen LogP contribution >= 0.6 is 0 Å². The van der Waals surface area contributed by atoms with Gasteiger partial charge in [0.25, 0.3) is 0 Å². The van der Waals surface area contributed by atoms with Crippen LogP contribution in [0.25, 0.3) is 0 Å². The molecule has 1 heterocycles. The summed E-state index contributed by atoms with van der Waals surface area (Å²) in [5.74, 6) is 0. The molecule has 0 aliphatic heterocycles. The lowest BCUT2D eigenvalue weighted by molar-refractivity contribution is -0.385. The van der Waals surface area contributed by atoms with Crippen molar-refractivity contribution in [3.05, 3.63) is 52.3 Å². The minimum Gasteiger partial charge on any atom is -0.444 e. The Balaban J connectivity index is 2.13. The van der Waals surface area contributed by atoms with Crippen molar-refractivity contribution in [2.75, 3.05) is 5.32 Å². The number of aromatic nitrogens is 2. The molecule has 0 fully saturated rings. The average Bonchev–Trinajstić information content (AvgIpc) is 2.87. The monoisotopic (exact) mass is 318 g/mol. The minimum absolute atomic E-state index is 0.0809. The summed E-state index contributed by atoms with van der Waals surface area (Å²) in [4.78, 5) is 22.1. The van der Waals surface area contributed by atoms with Crippen LogP contribution in [-0.2, 0) is 11.3 Å². The molecule has 23 heavy (non-hydrogen) atoms. The SMILES string of the molecule is CC(C)(C)OC(=O)Nc1ccccc1Cn1cc([N+](=O)[O-])cn1. The Kier molecular flexibility index (Phi) is 4.63. The molecule has 0 bridgehead atoms. The molecule has 0 aliphatic carbocycles. The van der Waals surface area contributed by atoms with Gasteiger partial charge in [0.15, 0.2) is 0 Å². The van der Waals surface area contributed by atoms with E-state index in [1.807, 2.05) is 6.07 Å². The highest BCUT2D eigenvalue weighted by Gasteiger charge is 2.17. The van der Waals surface area contributed by atoms with Crippen LogP contribution in [0, 0.1) is 10.1 Å². The van der Waals surface area contributed by atoms with Crippen molar-refractivity contribution in [3.8, 4) is 0 Å². The number of nitrogens with one attached hydrogen (secondary N) is 1. The van der Waals surface area contributed by atoms with E-state index in [0.717, 1.165) is 5.56 Å². The Bertz CT molecular complexity index is 718. The van der Waals surface area contributed by atoms with E-state index in [1.54, 1.807) is 39.0 Å². The molecule has 1 aromatic heterocycles. The molecule has 2 aromatic rings. The summed E-state index contributed by atoms with van der Waals surface area (Å²) in [7, 11) is 0. The fourth-order valence-corrected chi connectivity index (χ4v) is 1.90. The predicted octanol–water partition coefficient (Wildman–Crippen LogP) is 3.19. The lowest BCUT2D eigenvalue weighted by atomic mass is 10.2. The van der Waals surface area contributed by atoms with Gasteiger partial charge < -0.3 is 4.74 Å². The smallest absolute Gasteiger partial charge is 0.412 e. The number of carbonyl (C=O) groups is 1. The highest BCUT2D eigenvalue weighted by molar-refractivity contribution is 5.85. The average molecular weight is 318 g/mol. The largest absolute Gasteiger partial charge is 0.444 e. The fraction of sp³-hybridized carbons (Fsp3) is 0.333. The van der Waals surface area contributed by atoms with E-state index >= 15 is 0 Å². The Morgan fingerprint density at radius 3 is 2.70 bits per heavy atom. The molecule has 8 nitrogen and oxygen atoms in total. The summed E-state index contributed by atoms with van der Waals surface area (Å²) >= 11 is 0. The summed E-state index contributed by atoms with van der Waals surface area (Å²) in [6.45, 7) is 5.63. The molecule has 0 saturated carbocycles. The van der Waals surface area contributed by atoms with Crippen LogP contribution in [-0.4, -0.2) is 26.4 Å². The van der Waals surface area contributed by atoms with Gasteiger partial charge in [-0.3, -0.25) is 20.1 Å². The summed E-state index contributed by atoms with van der Waals surface area (Å²) in [6, 6.07) is 7.13. The second kappa shape index (κ2) is 6.47. The first-order valence-corrected chi connectivity index (χ1v) is 6.99. The molecule has 8 heteroatoms. The minimum atomic E-state index is -0.596. The molecule has 0 unspecified atom stereocenters. The van der Waals surface area contributed by atoms with Gasteiger partial charge in [0.05, 0.1) is 11.5 Å². The standard InChI is InChI=1S/C15H18N4O4/c1-15(2,3)23-14(20)17-13-7-5-4-6-11(13)9-18-10-12(8-16-18)19(21)22/h4-8,10H,9H2,1-3H3,(H,17,20). The number of benzene rings is 1. The third-order valence-corrected chi connectivity index (χ3v) is 2.82. The highest BCUT2D eigenvalue weighted by atomic mass is 16.6. The topological polar surface area (TPSA) is 99.3 Å². The molecule has 0 radical (unpaired) electrons. The second-order valence-corrected chi connectivity index (χ2v) is 5.94. The Morgan fingerprint density at radius 1 is 1.39 bits per heavy atom. The van der Waals surface area contributed by atoms with Crippen LogP contribution in [0.3, 0.4) is 0 Å². The van der Waals surface area contributed by atoms with E-state index in [4.69, 9.17) is 4.74 Å². The maximum absolute atomic E-state index is 11.9. The summed E-state index contributed by atoms with van der Waals surface area (Å²) in [5.41, 5.74) is 0.653. The van der Waals surface area contributed by atoms with Gasteiger partial charge in [-0.1, -0.05) is 18.2 Å². The van der Waals surface area contributed by atoms with Crippen molar-refractivity contribution in [2.24, 2.45) is 0 Å². The maximum atomic E-state index is 11.9. The number of rotatable bonds is 4. The molecule has 1 amide bonds. The molecule has 0 atom stereocenters. The predicted molar refractivity (Wildman–Crippen MR) is 84.3 cm³/mol. The highest BCUT2D eigenvalue weighted by Crippen LogP contribution is 2.19. The van der Waals surface area contributed by atoms with E-state index in [0.29, 0.717) is 12.2 Å². The number of hydrogen-bond acceptors (Lipinski definition) is 5. The molecule has 0 aliphatic rings.